The number of nitriles is 1. The summed E-state index contributed by atoms with van der Waals surface area (Å²) in [5, 5.41) is 11.4. The van der Waals surface area contributed by atoms with Gasteiger partial charge in [-0.15, -0.1) is 0 Å². The van der Waals surface area contributed by atoms with Crippen molar-refractivity contribution in [2.45, 2.75) is 32.9 Å². The summed E-state index contributed by atoms with van der Waals surface area (Å²) in [6.45, 7) is 4.89. The lowest BCUT2D eigenvalue weighted by molar-refractivity contribution is -0.175. The highest BCUT2D eigenvalue weighted by molar-refractivity contribution is 5.86. The number of methoxy groups -OCH3 is 1. The van der Waals surface area contributed by atoms with Crippen LogP contribution < -0.4 is 5.32 Å². The summed E-state index contributed by atoms with van der Waals surface area (Å²) >= 11 is 0. The Kier molecular flexibility index (Phi) is 3.96. The molecule has 98 valence electrons. The van der Waals surface area contributed by atoms with Crippen molar-refractivity contribution in [1.29, 1.82) is 5.26 Å². The zero-order chi connectivity index (χ0) is 13.9. The van der Waals surface area contributed by atoms with Crippen molar-refractivity contribution in [3.8, 4) is 6.07 Å². The number of ether oxygens (including phenoxy) is 2. The molecule has 2 atom stereocenters. The van der Waals surface area contributed by atoms with Gasteiger partial charge in [0, 0.05) is 13.3 Å². The lowest BCUT2D eigenvalue weighted by Crippen LogP contribution is -2.58. The topological polar surface area (TPSA) is 88.4 Å². The molecule has 0 fully saturated rings. The van der Waals surface area contributed by atoms with Crippen molar-refractivity contribution < 1.29 is 19.1 Å². The van der Waals surface area contributed by atoms with E-state index in [-0.39, 0.29) is 18.1 Å². The van der Waals surface area contributed by atoms with Gasteiger partial charge in [0.25, 0.3) is 5.72 Å². The van der Waals surface area contributed by atoms with Crippen LogP contribution in [0.5, 0.6) is 0 Å². The Balaban J connectivity index is 3.20. The Morgan fingerprint density at radius 1 is 1.61 bits per heavy atom. The van der Waals surface area contributed by atoms with Gasteiger partial charge in [-0.25, -0.2) is 4.79 Å². The Hall–Kier alpha value is -2.03. The third-order valence-electron chi connectivity index (χ3n) is 2.96. The molecule has 0 aromatic heterocycles. The SMILES string of the molecule is COC(=O)[C@]1(NC(C)=O)C[C@H](C)C(C)=C(C#N)O1. The second-order valence-corrected chi connectivity index (χ2v) is 4.33. The number of nitrogens with zero attached hydrogens (tertiary/aromatic N) is 1. The van der Waals surface area contributed by atoms with Crippen LogP contribution in [0.3, 0.4) is 0 Å². The average Bonchev–Trinajstić information content (AvgIpc) is 2.31. The van der Waals surface area contributed by atoms with E-state index in [0.717, 1.165) is 5.57 Å². The zero-order valence-electron chi connectivity index (χ0n) is 10.9. The highest BCUT2D eigenvalue weighted by Crippen LogP contribution is 2.34. The fourth-order valence-corrected chi connectivity index (χ4v) is 1.92. The molecule has 0 saturated carbocycles. The van der Waals surface area contributed by atoms with Crippen molar-refractivity contribution in [1.82, 2.24) is 5.32 Å². The molecule has 0 aromatic carbocycles. The predicted molar refractivity (Wildman–Crippen MR) is 61.7 cm³/mol. The molecular formula is C12H16N2O4. The molecule has 0 bridgehead atoms. The monoisotopic (exact) mass is 252 g/mol. The predicted octanol–water partition coefficient (Wildman–Crippen LogP) is 0.846. The first-order valence-corrected chi connectivity index (χ1v) is 5.53. The number of allylic oxidation sites excluding steroid dienone is 2. The van der Waals surface area contributed by atoms with Crippen LogP contribution in [-0.2, 0) is 19.1 Å². The summed E-state index contributed by atoms with van der Waals surface area (Å²) in [4.78, 5) is 23.1. The van der Waals surface area contributed by atoms with E-state index in [4.69, 9.17) is 10.00 Å². The Morgan fingerprint density at radius 3 is 2.67 bits per heavy atom. The number of hydrogen-bond donors (Lipinski definition) is 1. The molecule has 0 unspecified atom stereocenters. The summed E-state index contributed by atoms with van der Waals surface area (Å²) in [5.41, 5.74) is -0.854. The average molecular weight is 252 g/mol. The van der Waals surface area contributed by atoms with Crippen molar-refractivity contribution in [3.05, 3.63) is 11.3 Å². The fourth-order valence-electron chi connectivity index (χ4n) is 1.92. The van der Waals surface area contributed by atoms with Gasteiger partial charge < -0.3 is 14.8 Å². The van der Waals surface area contributed by atoms with Crippen LogP contribution >= 0.6 is 0 Å². The van der Waals surface area contributed by atoms with E-state index in [1.807, 2.05) is 13.0 Å². The maximum absolute atomic E-state index is 11.8. The molecule has 0 aromatic rings. The third kappa shape index (κ3) is 2.45. The van der Waals surface area contributed by atoms with Gasteiger partial charge in [0.15, 0.2) is 5.76 Å². The van der Waals surface area contributed by atoms with Crippen LogP contribution in [0.15, 0.2) is 11.3 Å². The summed E-state index contributed by atoms with van der Waals surface area (Å²) in [7, 11) is 1.21. The first-order chi connectivity index (χ1) is 8.36. The quantitative estimate of drug-likeness (QED) is 0.736. The van der Waals surface area contributed by atoms with Gasteiger partial charge >= 0.3 is 5.97 Å². The van der Waals surface area contributed by atoms with Crippen LogP contribution in [-0.4, -0.2) is 24.7 Å². The molecule has 1 amide bonds. The lowest BCUT2D eigenvalue weighted by atomic mass is 9.88. The van der Waals surface area contributed by atoms with Crippen LogP contribution in [0.25, 0.3) is 0 Å². The minimum Gasteiger partial charge on any atom is -0.465 e. The van der Waals surface area contributed by atoms with Gasteiger partial charge in [-0.1, -0.05) is 6.92 Å². The van der Waals surface area contributed by atoms with Crippen LogP contribution in [0.2, 0.25) is 0 Å². The van der Waals surface area contributed by atoms with E-state index in [9.17, 15) is 9.59 Å². The zero-order valence-corrected chi connectivity index (χ0v) is 10.9. The molecule has 1 N–H and O–H groups in total. The van der Waals surface area contributed by atoms with E-state index in [1.165, 1.54) is 14.0 Å². The highest BCUT2D eigenvalue weighted by atomic mass is 16.6. The molecule has 0 spiro atoms. The maximum atomic E-state index is 11.8. The van der Waals surface area contributed by atoms with Crippen molar-refractivity contribution in [3.63, 3.8) is 0 Å². The maximum Gasteiger partial charge on any atom is 0.372 e. The minimum atomic E-state index is -1.61. The number of nitrogens with one attached hydrogen (secondary N) is 1. The van der Waals surface area contributed by atoms with Crippen molar-refractivity contribution in [2.24, 2.45) is 5.92 Å². The summed E-state index contributed by atoms with van der Waals surface area (Å²) in [6, 6.07) is 1.89. The van der Waals surface area contributed by atoms with Gasteiger partial charge in [0.1, 0.15) is 6.07 Å². The molecule has 6 heteroatoms. The molecule has 1 heterocycles. The molecule has 0 aliphatic carbocycles. The number of esters is 1. The smallest absolute Gasteiger partial charge is 0.372 e. The van der Waals surface area contributed by atoms with Gasteiger partial charge in [-0.05, 0) is 18.4 Å². The molecule has 1 aliphatic heterocycles. The molecule has 18 heavy (non-hydrogen) atoms. The molecule has 1 rings (SSSR count). The molecule has 1 aliphatic rings. The van der Waals surface area contributed by atoms with E-state index >= 15 is 0 Å². The van der Waals surface area contributed by atoms with E-state index in [2.05, 4.69) is 10.1 Å². The van der Waals surface area contributed by atoms with Gasteiger partial charge in [0.05, 0.1) is 7.11 Å². The number of carbonyl (C=O) groups is 2. The van der Waals surface area contributed by atoms with Gasteiger partial charge in [0.2, 0.25) is 5.91 Å². The second-order valence-electron chi connectivity index (χ2n) is 4.33. The van der Waals surface area contributed by atoms with E-state index < -0.39 is 17.6 Å². The Labute approximate surface area is 106 Å². The van der Waals surface area contributed by atoms with Crippen LogP contribution in [0.4, 0.5) is 0 Å². The van der Waals surface area contributed by atoms with E-state index in [0.29, 0.717) is 0 Å². The first-order valence-electron chi connectivity index (χ1n) is 5.53. The largest absolute Gasteiger partial charge is 0.465 e. The van der Waals surface area contributed by atoms with Gasteiger partial charge in [-0.3, -0.25) is 4.79 Å². The second kappa shape index (κ2) is 5.08. The minimum absolute atomic E-state index is 0.0490. The summed E-state index contributed by atoms with van der Waals surface area (Å²) in [6.07, 6.45) is 0.232. The Bertz CT molecular complexity index is 449. The van der Waals surface area contributed by atoms with Crippen LogP contribution in [0, 0.1) is 17.2 Å². The van der Waals surface area contributed by atoms with Crippen LogP contribution in [0.1, 0.15) is 27.2 Å². The number of carbonyl (C=O) groups excluding carboxylic acids is 2. The van der Waals surface area contributed by atoms with Crippen molar-refractivity contribution in [2.75, 3.05) is 7.11 Å². The molecule has 6 nitrogen and oxygen atoms in total. The molecular weight excluding hydrogens is 236 g/mol. The van der Waals surface area contributed by atoms with Gasteiger partial charge in [-0.2, -0.15) is 5.26 Å². The Morgan fingerprint density at radius 2 is 2.22 bits per heavy atom. The normalized spacial score (nSPS) is 26.9. The number of hydrogen-bond acceptors (Lipinski definition) is 5. The number of amides is 1. The summed E-state index contributed by atoms with van der Waals surface area (Å²) in [5.74, 6) is -1.17. The number of rotatable bonds is 2. The highest BCUT2D eigenvalue weighted by Gasteiger charge is 2.48. The third-order valence-corrected chi connectivity index (χ3v) is 2.96. The molecule has 0 radical (unpaired) electrons. The lowest BCUT2D eigenvalue weighted by Gasteiger charge is -2.37. The first kappa shape index (κ1) is 14.0. The van der Waals surface area contributed by atoms with Crippen molar-refractivity contribution >= 4 is 11.9 Å². The molecule has 0 saturated heterocycles. The standard InChI is InChI=1S/C12H16N2O4/c1-7-5-12(11(16)17-4,14-9(3)15)18-10(6-13)8(7)2/h7H,5H2,1-4H3,(H,14,15)/t7-,12-/m0/s1. The fraction of sp³-hybridized carbons (Fsp3) is 0.583. The van der Waals surface area contributed by atoms with E-state index in [1.54, 1.807) is 6.92 Å². The summed E-state index contributed by atoms with van der Waals surface area (Å²) < 4.78 is 10.0.